The smallest absolute Gasteiger partial charge is 0.409 e. The molecule has 4 fully saturated rings. The van der Waals surface area contributed by atoms with E-state index >= 15 is 0 Å². The summed E-state index contributed by atoms with van der Waals surface area (Å²) in [5.41, 5.74) is 7.39. The lowest BCUT2D eigenvalue weighted by atomic mass is 9.46. The number of ether oxygens (including phenoxy) is 4. The molecule has 12 atom stereocenters. The minimum Gasteiger partial charge on any atom is -0.445 e. The Morgan fingerprint density at radius 3 is 2.11 bits per heavy atom. The molecule has 12 amide bonds. The molecule has 0 spiro atoms. The van der Waals surface area contributed by atoms with Gasteiger partial charge >= 0.3 is 18.2 Å². The maximum Gasteiger partial charge on any atom is 0.409 e. The second-order valence-electron chi connectivity index (χ2n) is 31.6. The molecule has 1 saturated heterocycles. The number of Topliss-reactive ketones (excluding diaryl/α,β-unsaturated/α-hetero) is 1. The van der Waals surface area contributed by atoms with E-state index in [1.54, 1.807) is 55.2 Å². The Kier molecular flexibility index (Phi) is 29.4. The van der Waals surface area contributed by atoms with Gasteiger partial charge in [-0.15, -0.1) is 0 Å². The average Bonchev–Trinajstić information content (AvgIpc) is 1.50. The lowest BCUT2D eigenvalue weighted by Crippen LogP contribution is -2.63. The van der Waals surface area contributed by atoms with Crippen LogP contribution in [0.5, 0.6) is 0 Å². The molecule has 114 heavy (non-hydrogen) atoms. The zero-order chi connectivity index (χ0) is 82.0. The number of carbonyl (C=O) groups is 13. The molecule has 3 aromatic rings. The lowest BCUT2D eigenvalue weighted by molar-refractivity contribution is -0.200. The summed E-state index contributed by atoms with van der Waals surface area (Å²) < 4.78 is 24.5. The molecule has 1 unspecified atom stereocenters. The molecular weight excluding hydrogens is 1460 g/mol. The van der Waals surface area contributed by atoms with Crippen molar-refractivity contribution in [3.05, 3.63) is 131 Å². The molecule has 4 aliphatic carbocycles. The van der Waals surface area contributed by atoms with E-state index in [1.807, 2.05) is 68.5 Å². The normalized spacial score (nSPS) is 23.5. The van der Waals surface area contributed by atoms with Crippen LogP contribution in [0.4, 0.5) is 25.8 Å². The van der Waals surface area contributed by atoms with E-state index in [0.717, 1.165) is 34.4 Å². The lowest BCUT2D eigenvalue weighted by Gasteiger charge is -2.59. The van der Waals surface area contributed by atoms with Gasteiger partial charge in [0.2, 0.25) is 41.2 Å². The number of likely N-dealkylation sites (N-methyl/N-ethyl adjacent to an activating group) is 2. The van der Waals surface area contributed by atoms with Crippen molar-refractivity contribution < 1.29 is 86.4 Å². The van der Waals surface area contributed by atoms with Crippen LogP contribution in [0, 0.1) is 46.3 Å². The van der Waals surface area contributed by atoms with Gasteiger partial charge in [0, 0.05) is 112 Å². The quantitative estimate of drug-likeness (QED) is 0.0158. The van der Waals surface area contributed by atoms with Gasteiger partial charge in [-0.1, -0.05) is 126 Å². The van der Waals surface area contributed by atoms with Crippen molar-refractivity contribution in [2.24, 2.45) is 40.2 Å². The number of nitrogens with two attached hydrogens (primary N) is 1. The number of aliphatic hydroxyl groups excluding tert-OH is 1. The topological polar surface area (TPSA) is 390 Å². The number of anilines is 2. The second kappa shape index (κ2) is 39.0. The predicted molar refractivity (Wildman–Crippen MR) is 420 cm³/mol. The van der Waals surface area contributed by atoms with Crippen molar-refractivity contribution >= 4 is 88.4 Å². The Labute approximate surface area is 665 Å². The number of hydrogen-bond donors (Lipinski definition) is 8. The van der Waals surface area contributed by atoms with Gasteiger partial charge in [0.15, 0.2) is 24.3 Å². The Bertz CT molecular complexity index is 4250. The van der Waals surface area contributed by atoms with E-state index in [4.69, 9.17) is 24.7 Å². The Morgan fingerprint density at radius 1 is 0.719 bits per heavy atom. The monoisotopic (exact) mass is 1570 g/mol. The number of carbonyl (C=O) groups excluding carboxylic acids is 13. The Hall–Kier alpha value is -10.6. The van der Waals surface area contributed by atoms with Crippen molar-refractivity contribution in [2.75, 3.05) is 63.6 Å². The summed E-state index contributed by atoms with van der Waals surface area (Å²) in [6, 6.07) is 17.0. The average molecular weight is 1570 g/mol. The van der Waals surface area contributed by atoms with Crippen molar-refractivity contribution in [2.45, 2.75) is 206 Å². The molecule has 0 radical (unpaired) electrons. The number of urea groups is 1. The van der Waals surface area contributed by atoms with Gasteiger partial charge < -0.3 is 76.4 Å². The maximum atomic E-state index is 14.8. The number of hydrogen-bond acceptors (Lipinski definition) is 18. The fourth-order valence-corrected chi connectivity index (χ4v) is 17.3. The Balaban J connectivity index is 0.686. The van der Waals surface area contributed by atoms with E-state index in [9.17, 15) is 67.4 Å². The van der Waals surface area contributed by atoms with Crippen LogP contribution in [-0.2, 0) is 80.0 Å². The van der Waals surface area contributed by atoms with Crippen LogP contribution in [0.1, 0.15) is 172 Å². The van der Waals surface area contributed by atoms with Crippen molar-refractivity contribution in [3.8, 4) is 11.8 Å². The van der Waals surface area contributed by atoms with E-state index in [-0.39, 0.29) is 120 Å². The van der Waals surface area contributed by atoms with Crippen LogP contribution in [0.2, 0.25) is 0 Å². The molecule has 29 nitrogen and oxygen atoms in total. The molecule has 0 aromatic heterocycles. The number of rotatable bonds is 37. The summed E-state index contributed by atoms with van der Waals surface area (Å²) in [5.74, 6) is 1.25. The van der Waals surface area contributed by atoms with Crippen LogP contribution >= 0.6 is 0 Å². The van der Waals surface area contributed by atoms with Crippen LogP contribution in [0.3, 0.4) is 0 Å². The number of nitrogens with one attached hydrogen (secondary N) is 6. The third-order valence-electron chi connectivity index (χ3n) is 23.5. The number of ketones is 2. The van der Waals surface area contributed by atoms with Crippen molar-refractivity contribution in [1.29, 1.82) is 0 Å². The molecule has 3 aromatic carbocycles. The minimum absolute atomic E-state index is 0.00306. The Morgan fingerprint density at radius 2 is 1.39 bits per heavy atom. The van der Waals surface area contributed by atoms with Crippen molar-refractivity contribution in [1.82, 2.24) is 41.3 Å². The van der Waals surface area contributed by atoms with Gasteiger partial charge in [0.1, 0.15) is 24.7 Å². The van der Waals surface area contributed by atoms with Gasteiger partial charge in [-0.25, -0.2) is 14.4 Å². The molecule has 29 heteroatoms. The predicted octanol–water partition coefficient (Wildman–Crippen LogP) is 7.45. The molecule has 612 valence electrons. The highest BCUT2D eigenvalue weighted by atomic mass is 16.7. The van der Waals surface area contributed by atoms with Gasteiger partial charge in [0.05, 0.1) is 24.4 Å². The second-order valence-corrected chi connectivity index (χ2v) is 31.6. The molecule has 7 aliphatic rings. The molecule has 9 N–H and O–H groups in total. The minimum atomic E-state index is -1.49. The van der Waals surface area contributed by atoms with E-state index in [2.05, 4.69) is 50.7 Å². The summed E-state index contributed by atoms with van der Waals surface area (Å²) in [4.78, 5) is 179. The third-order valence-corrected chi connectivity index (χ3v) is 23.5. The van der Waals surface area contributed by atoms with Crippen LogP contribution in [0.25, 0.3) is 0 Å². The number of unbranched alkanes of at least 4 members (excludes halogenated alkanes) is 4. The number of para-hydroxylation sites is 1. The molecule has 10 rings (SSSR count). The number of primary amides is 1. The summed E-state index contributed by atoms with van der Waals surface area (Å²) in [5, 5.41) is 28.7. The molecule has 3 aliphatic heterocycles. The number of imide groups is 1. The van der Waals surface area contributed by atoms with Crippen LogP contribution in [-0.4, -0.2) is 192 Å². The summed E-state index contributed by atoms with van der Waals surface area (Å²) >= 11 is 0. The largest absolute Gasteiger partial charge is 0.445 e. The summed E-state index contributed by atoms with van der Waals surface area (Å²) in [7, 11) is 2.97. The first kappa shape index (κ1) is 85.8. The highest BCUT2D eigenvalue weighted by Gasteiger charge is 2.76. The number of allylic oxidation sites excluding steroid dienone is 4. The fourth-order valence-electron chi connectivity index (χ4n) is 17.3. The first-order valence-corrected chi connectivity index (χ1v) is 39.9. The third kappa shape index (κ3) is 20.7. The van der Waals surface area contributed by atoms with Gasteiger partial charge in [0.25, 0.3) is 11.8 Å². The first-order valence-electron chi connectivity index (χ1n) is 39.9. The maximum absolute atomic E-state index is 14.8. The molecule has 3 saturated carbocycles. The zero-order valence-corrected chi connectivity index (χ0v) is 66.2. The number of benzene rings is 3. The van der Waals surface area contributed by atoms with E-state index in [0.29, 0.717) is 86.8 Å². The summed E-state index contributed by atoms with van der Waals surface area (Å²) in [6.07, 6.45) is 10.5. The number of amides is 12. The highest BCUT2D eigenvalue weighted by Crippen LogP contribution is 2.70. The van der Waals surface area contributed by atoms with Crippen LogP contribution < -0.4 is 42.5 Å². The number of fused-ring (bicyclic) bond motifs is 9. The summed E-state index contributed by atoms with van der Waals surface area (Å²) in [6.45, 7) is 9.52. The van der Waals surface area contributed by atoms with E-state index < -0.39 is 125 Å². The SMILES string of the molecule is CCCC1O[C@@H]2C[C@H]3[C@@H]4CCC5=CC(=O)C=C[C@]5(C)[C@H]4[C@@H](O)C[C@]3(C)[C@]2(C(=O)COC(=O)N(C)CCN(C)C(=O)OCc2ccc(NC(=O)[C@H](CCCNC(N)=O)NC(=O)[C@@H](NC(=O)[C@@H](CCCCCNC(=O)CCC(=O)N3Cc4ccccc4C#Cc4ccccc43)NC(=O)CCCCCN3C(=O)C=CC3=O)C(C)C)cc2)O1. The molecular formula is C85H109N11O18. The number of nitrogens with zero attached hydrogens (tertiary/aromatic N) is 4. The van der Waals surface area contributed by atoms with E-state index in [1.165, 1.54) is 36.0 Å². The standard InChI is InChI=1S/C85H109N11O18/c1-8-20-74-113-68-48-62-61-35-32-58-47-60(97)40-41-83(58,4)75(61)66(98)49-84(62,5)85(68,114-74)67(99)52-112-82(110)94(7)46-45-93(6)81(109)111-51-54-28-33-59(34-29-54)89-77(105)64(25-19-43-88-80(86)108)91-79(107)76(53(2)3)92-78(106)63(90-70(101)27-12-10-18-44-95-71(102)38-39-72(95)103)24-11-9-17-42-87-69(100)36-37-73(104)96-50-57-23-14-13-21-55(57)30-31-56-22-15-16-26-65(56)96/h13-16,21-23,26,28-29,33-34,38-41,47,53,61-64,66,68,74-76,98H,8-12,17-20,24-25,27,32,35-37,42-46,48-52H2,1-7H3,(H,87,100)(H,89,105)(H,90,101)(H,91,107)(H,92,106)(H3,86,88,108)/t61-,62-,63+,64-,66-,68+,74?,75+,76-,83-,84-,85+/m0/s1. The number of aliphatic hydroxyl groups is 1. The van der Waals surface area contributed by atoms with Gasteiger partial charge in [-0.2, -0.15) is 0 Å². The van der Waals surface area contributed by atoms with Gasteiger partial charge in [-0.05, 0) is 142 Å². The zero-order valence-electron chi connectivity index (χ0n) is 66.2. The molecule has 3 heterocycles. The van der Waals surface area contributed by atoms with Gasteiger partial charge in [-0.3, -0.25) is 52.8 Å². The van der Waals surface area contributed by atoms with Crippen LogP contribution in [0.15, 0.2) is 109 Å². The first-order chi connectivity index (χ1) is 54.5. The van der Waals surface area contributed by atoms with Crippen molar-refractivity contribution in [3.63, 3.8) is 0 Å². The highest BCUT2D eigenvalue weighted by molar-refractivity contribution is 6.13. The fraction of sp³-hybridized carbons (Fsp3) is 0.541. The molecule has 0 bridgehead atoms.